The highest BCUT2D eigenvalue weighted by molar-refractivity contribution is 4.76. The van der Waals surface area contributed by atoms with E-state index in [1.165, 1.54) is 0 Å². The predicted octanol–water partition coefficient (Wildman–Crippen LogP) is -0.576. The van der Waals surface area contributed by atoms with Crippen LogP contribution < -0.4 is 0 Å². The van der Waals surface area contributed by atoms with E-state index in [0.29, 0.717) is 0 Å². The Labute approximate surface area is 52.1 Å². The molecule has 1 heterocycles. The fraction of sp³-hybridized carbons (Fsp3) is 1.00. The highest BCUT2D eigenvalue weighted by atomic mass is 19.1. The van der Waals surface area contributed by atoms with Crippen LogP contribution >= 0.6 is 0 Å². The Morgan fingerprint density at radius 1 is 1.56 bits per heavy atom. The van der Waals surface area contributed by atoms with Gasteiger partial charge < -0.3 is 14.9 Å². The Morgan fingerprint density at radius 2 is 2.22 bits per heavy atom. The van der Waals surface area contributed by atoms with E-state index in [0.717, 1.165) is 0 Å². The average molecular weight is 136 g/mol. The number of aliphatic hydroxyl groups is 2. The lowest BCUT2D eigenvalue weighted by Crippen LogP contribution is -2.22. The van der Waals surface area contributed by atoms with Gasteiger partial charge in [0.2, 0.25) is 0 Å². The molecule has 1 unspecified atom stereocenters. The first kappa shape index (κ1) is 6.92. The van der Waals surface area contributed by atoms with Crippen LogP contribution in [0.5, 0.6) is 0 Å². The van der Waals surface area contributed by atoms with Gasteiger partial charge in [0.05, 0.1) is 6.10 Å². The number of aliphatic hydroxyl groups excluding tert-OH is 2. The van der Waals surface area contributed by atoms with E-state index in [-0.39, 0.29) is 6.42 Å². The number of ether oxygens (including phenoxy) is 1. The zero-order valence-corrected chi connectivity index (χ0v) is 4.83. The van der Waals surface area contributed by atoms with Crippen molar-refractivity contribution in [1.82, 2.24) is 0 Å². The molecule has 0 bridgehead atoms. The molecular formula is C5H9FO3. The number of hydrogen-bond donors (Lipinski definition) is 2. The summed E-state index contributed by atoms with van der Waals surface area (Å²) in [6, 6.07) is 0. The van der Waals surface area contributed by atoms with E-state index in [4.69, 9.17) is 10.2 Å². The van der Waals surface area contributed by atoms with Crippen LogP contribution in [0.25, 0.3) is 0 Å². The minimum absolute atomic E-state index is 0.120. The summed E-state index contributed by atoms with van der Waals surface area (Å²) < 4.78 is 16.3. The molecule has 0 amide bonds. The first-order valence-electron chi connectivity index (χ1n) is 2.81. The second-order valence-electron chi connectivity index (χ2n) is 2.09. The molecule has 3 atom stereocenters. The molecular weight excluding hydrogens is 127 g/mol. The summed E-state index contributed by atoms with van der Waals surface area (Å²) in [6.07, 6.45) is -2.53. The number of rotatable bonds is 1. The Kier molecular flexibility index (Phi) is 2.00. The van der Waals surface area contributed by atoms with Gasteiger partial charge in [0.1, 0.15) is 12.8 Å². The van der Waals surface area contributed by atoms with Crippen molar-refractivity contribution >= 4 is 0 Å². The number of halogens is 1. The maximum absolute atomic E-state index is 11.7. The van der Waals surface area contributed by atoms with Crippen molar-refractivity contribution < 1.29 is 19.3 Å². The summed E-state index contributed by atoms with van der Waals surface area (Å²) in [5.41, 5.74) is 0. The average Bonchev–Trinajstić information content (AvgIpc) is 2.10. The van der Waals surface area contributed by atoms with Crippen LogP contribution in [0.2, 0.25) is 0 Å². The molecule has 0 aliphatic carbocycles. The lowest BCUT2D eigenvalue weighted by molar-refractivity contribution is -0.0997. The van der Waals surface area contributed by atoms with Crippen LogP contribution in [0.1, 0.15) is 6.42 Å². The van der Waals surface area contributed by atoms with Crippen molar-refractivity contribution in [2.45, 2.75) is 24.9 Å². The van der Waals surface area contributed by atoms with E-state index >= 15 is 0 Å². The monoisotopic (exact) mass is 136 g/mol. The fourth-order valence-corrected chi connectivity index (χ4v) is 0.846. The number of alkyl halides is 1. The Hall–Kier alpha value is -0.190. The molecule has 1 aliphatic heterocycles. The van der Waals surface area contributed by atoms with Crippen LogP contribution in [0.3, 0.4) is 0 Å². The predicted molar refractivity (Wildman–Crippen MR) is 27.5 cm³/mol. The molecule has 0 aromatic heterocycles. The maximum atomic E-state index is 11.7. The summed E-state index contributed by atoms with van der Waals surface area (Å²) in [4.78, 5) is 0. The topological polar surface area (TPSA) is 49.7 Å². The van der Waals surface area contributed by atoms with Gasteiger partial charge in [-0.3, -0.25) is 0 Å². The molecule has 54 valence electrons. The highest BCUT2D eigenvalue weighted by Gasteiger charge is 2.32. The summed E-state index contributed by atoms with van der Waals surface area (Å²) in [6.45, 7) is -0.738. The largest absolute Gasteiger partial charge is 0.390 e. The van der Waals surface area contributed by atoms with E-state index < -0.39 is 25.2 Å². The lowest BCUT2D eigenvalue weighted by atomic mass is 10.2. The van der Waals surface area contributed by atoms with Gasteiger partial charge in [-0.1, -0.05) is 0 Å². The second-order valence-corrected chi connectivity index (χ2v) is 2.09. The van der Waals surface area contributed by atoms with Crippen molar-refractivity contribution in [3.63, 3.8) is 0 Å². The summed E-state index contributed by atoms with van der Waals surface area (Å²) in [7, 11) is 0. The summed E-state index contributed by atoms with van der Waals surface area (Å²) in [5, 5.41) is 17.5. The van der Waals surface area contributed by atoms with E-state index in [1.54, 1.807) is 0 Å². The van der Waals surface area contributed by atoms with Crippen molar-refractivity contribution in [2.24, 2.45) is 0 Å². The Bertz CT molecular complexity index is 98.2. The van der Waals surface area contributed by atoms with E-state index in [1.807, 2.05) is 0 Å². The molecule has 4 heteroatoms. The molecule has 0 aromatic rings. The standard InChI is InChI=1S/C5H9FO3/c6-2-4-3(7)1-5(8)9-4/h3-5,7-8H,1-2H2/t3-,4+,5?/m0/s1. The third-order valence-electron chi connectivity index (χ3n) is 1.36. The fourth-order valence-electron chi connectivity index (χ4n) is 0.846. The smallest absolute Gasteiger partial charge is 0.157 e. The van der Waals surface area contributed by atoms with Crippen LogP contribution in [0.15, 0.2) is 0 Å². The number of hydrogen-bond acceptors (Lipinski definition) is 3. The quantitative estimate of drug-likeness (QED) is 0.507. The molecule has 3 nitrogen and oxygen atoms in total. The summed E-state index contributed by atoms with van der Waals surface area (Å²) >= 11 is 0. The van der Waals surface area contributed by atoms with Crippen molar-refractivity contribution in [3.05, 3.63) is 0 Å². The van der Waals surface area contributed by atoms with E-state index in [9.17, 15) is 4.39 Å². The summed E-state index contributed by atoms with van der Waals surface area (Å²) in [5.74, 6) is 0. The molecule has 2 N–H and O–H groups in total. The first-order chi connectivity index (χ1) is 4.24. The minimum atomic E-state index is -0.985. The van der Waals surface area contributed by atoms with E-state index in [2.05, 4.69) is 4.74 Å². The van der Waals surface area contributed by atoms with Crippen molar-refractivity contribution in [2.75, 3.05) is 6.67 Å². The minimum Gasteiger partial charge on any atom is -0.390 e. The first-order valence-corrected chi connectivity index (χ1v) is 2.81. The molecule has 0 saturated carbocycles. The molecule has 0 aromatic carbocycles. The van der Waals surface area contributed by atoms with Gasteiger partial charge in [0.25, 0.3) is 0 Å². The lowest BCUT2D eigenvalue weighted by Gasteiger charge is -2.06. The molecule has 9 heavy (non-hydrogen) atoms. The Morgan fingerprint density at radius 3 is 2.44 bits per heavy atom. The molecule has 0 radical (unpaired) electrons. The normalized spacial score (nSPS) is 43.7. The molecule has 1 saturated heterocycles. The second kappa shape index (κ2) is 2.60. The molecule has 0 spiro atoms. The van der Waals surface area contributed by atoms with Crippen LogP contribution in [-0.4, -0.2) is 35.4 Å². The van der Waals surface area contributed by atoms with Gasteiger partial charge in [-0.05, 0) is 0 Å². The molecule has 1 fully saturated rings. The van der Waals surface area contributed by atoms with Crippen LogP contribution in [0, 0.1) is 0 Å². The third-order valence-corrected chi connectivity index (χ3v) is 1.36. The van der Waals surface area contributed by atoms with Gasteiger partial charge in [-0.2, -0.15) is 0 Å². The highest BCUT2D eigenvalue weighted by Crippen LogP contribution is 2.18. The maximum Gasteiger partial charge on any atom is 0.157 e. The van der Waals surface area contributed by atoms with Gasteiger partial charge in [-0.25, -0.2) is 4.39 Å². The van der Waals surface area contributed by atoms with Gasteiger partial charge >= 0.3 is 0 Å². The third kappa shape index (κ3) is 1.38. The van der Waals surface area contributed by atoms with Gasteiger partial charge in [0.15, 0.2) is 6.29 Å². The van der Waals surface area contributed by atoms with Crippen molar-refractivity contribution in [1.29, 1.82) is 0 Å². The Balaban J connectivity index is 2.38. The molecule has 1 rings (SSSR count). The van der Waals surface area contributed by atoms with Crippen molar-refractivity contribution in [3.8, 4) is 0 Å². The SMILES string of the molecule is OC1C[C@H](O)[C@@H](CF)O1. The van der Waals surface area contributed by atoms with Gasteiger partial charge in [0, 0.05) is 6.42 Å². The van der Waals surface area contributed by atoms with Crippen LogP contribution in [0.4, 0.5) is 4.39 Å². The zero-order chi connectivity index (χ0) is 6.85. The van der Waals surface area contributed by atoms with Gasteiger partial charge in [-0.15, -0.1) is 0 Å². The molecule has 1 aliphatic rings. The zero-order valence-electron chi connectivity index (χ0n) is 4.83. The van der Waals surface area contributed by atoms with Crippen LogP contribution in [-0.2, 0) is 4.74 Å².